The average Bonchev–Trinajstić information content (AvgIpc) is 2.78. The number of fused-ring (bicyclic) bond motifs is 5. The number of carboxylic acid groups (broad SMARTS) is 1. The summed E-state index contributed by atoms with van der Waals surface area (Å²) in [6.45, 7) is 1.59. The second kappa shape index (κ2) is 6.09. The van der Waals surface area contributed by atoms with E-state index in [1.807, 2.05) is 24.3 Å². The van der Waals surface area contributed by atoms with E-state index in [0.29, 0.717) is 5.57 Å². The molecule has 0 aromatic heterocycles. The molecule has 0 bridgehead atoms. The van der Waals surface area contributed by atoms with Gasteiger partial charge in [-0.2, -0.15) is 0 Å². The van der Waals surface area contributed by atoms with Crippen LogP contribution in [-0.4, -0.2) is 34.0 Å². The number of aliphatic hydroxyl groups is 1. The monoisotopic (exact) mass is 337 g/mol. The summed E-state index contributed by atoms with van der Waals surface area (Å²) in [5.74, 6) is -2.16. The number of amides is 1. The summed E-state index contributed by atoms with van der Waals surface area (Å²) in [7, 11) is 0. The molecule has 0 spiro atoms. The van der Waals surface area contributed by atoms with Crippen molar-refractivity contribution < 1.29 is 71.2 Å². The Hall–Kier alpha value is -0.504. The van der Waals surface area contributed by atoms with Gasteiger partial charge in [0.2, 0.25) is 5.91 Å². The number of hydrogen-bond donors (Lipinski definition) is 1. The molecule has 4 atom stereocenters. The maximum absolute atomic E-state index is 12.3. The molecule has 2 heterocycles. The van der Waals surface area contributed by atoms with Gasteiger partial charge in [-0.15, -0.1) is 0 Å². The third-order valence-electron chi connectivity index (χ3n) is 5.21. The molecular weight excluding hydrogens is 321 g/mol. The molecule has 0 radical (unpaired) electrons. The number of carbonyl (C=O) groups excluding carboxylic acids is 2. The van der Waals surface area contributed by atoms with Gasteiger partial charge in [0.05, 0.1) is 29.7 Å². The summed E-state index contributed by atoms with van der Waals surface area (Å²) in [6, 6.07) is 7.47. The smallest absolute Gasteiger partial charge is 0.543 e. The second-order valence-corrected chi connectivity index (χ2v) is 6.32. The summed E-state index contributed by atoms with van der Waals surface area (Å²) >= 11 is 0. The third kappa shape index (κ3) is 2.31. The van der Waals surface area contributed by atoms with E-state index in [1.54, 1.807) is 6.92 Å². The number of β-lactam (4-membered cyclic amide) rings is 1. The zero-order valence-corrected chi connectivity index (χ0v) is 16.3. The maximum atomic E-state index is 12.3. The number of aryl methyl sites for hydroxylation is 1. The summed E-state index contributed by atoms with van der Waals surface area (Å²) in [5.41, 5.74) is 2.73. The molecule has 1 unspecified atom stereocenters. The number of aliphatic carboxylic acids is 1. The zero-order valence-electron chi connectivity index (χ0n) is 13.2. The zero-order chi connectivity index (χ0) is 15.6. The van der Waals surface area contributed by atoms with Crippen LogP contribution in [0, 0.1) is 11.8 Å². The van der Waals surface area contributed by atoms with Crippen molar-refractivity contribution in [3.05, 3.63) is 41.1 Å². The van der Waals surface area contributed by atoms with Gasteiger partial charge in [0, 0.05) is 5.92 Å². The molecule has 1 fully saturated rings. The molecule has 3 aliphatic rings. The fourth-order valence-electron chi connectivity index (χ4n) is 4.35. The largest absolute Gasteiger partial charge is 1.00 e. The van der Waals surface area contributed by atoms with Crippen molar-refractivity contribution in [2.45, 2.75) is 31.9 Å². The SMILES string of the molecule is C[C@@H](O)[C@H]1C(=O)N2C(C(=O)[O-])=C3c4ccccc4CC[C@@H]3C12.[K+]. The molecule has 1 aromatic rings. The van der Waals surface area contributed by atoms with Crippen LogP contribution in [0.2, 0.25) is 0 Å². The molecule has 4 rings (SSSR count). The first-order valence-electron chi connectivity index (χ1n) is 7.57. The minimum absolute atomic E-state index is 0. The molecule has 2 aliphatic heterocycles. The van der Waals surface area contributed by atoms with E-state index in [1.165, 1.54) is 4.90 Å². The Bertz CT molecular complexity index is 727. The maximum Gasteiger partial charge on any atom is 1.00 e. The standard InChI is InChI=1S/C17H17NO4.K/c1-8(19)12-14-11-7-6-9-4-2-3-5-10(9)13(11)15(17(21)22)18(14)16(12)20;/h2-5,8,11-12,14,19H,6-7H2,1H3,(H,21,22);/q;+1/p-1/t8-,11+,12-,14?;/m1./s1. The topological polar surface area (TPSA) is 80.7 Å². The van der Waals surface area contributed by atoms with Crippen molar-refractivity contribution in [1.29, 1.82) is 0 Å². The third-order valence-corrected chi connectivity index (χ3v) is 5.21. The van der Waals surface area contributed by atoms with E-state index >= 15 is 0 Å². The Morgan fingerprint density at radius 2 is 2.09 bits per heavy atom. The molecule has 6 heteroatoms. The Kier molecular flexibility index (Phi) is 4.59. The van der Waals surface area contributed by atoms with Crippen LogP contribution in [0.25, 0.3) is 5.57 Å². The number of aliphatic hydroxyl groups excluding tert-OH is 1. The van der Waals surface area contributed by atoms with Crippen molar-refractivity contribution in [3.8, 4) is 0 Å². The molecule has 114 valence electrons. The number of nitrogens with zero attached hydrogens (tertiary/aromatic N) is 1. The van der Waals surface area contributed by atoms with Crippen molar-refractivity contribution in [2.75, 3.05) is 0 Å². The van der Waals surface area contributed by atoms with E-state index in [0.717, 1.165) is 24.0 Å². The van der Waals surface area contributed by atoms with E-state index in [2.05, 4.69) is 0 Å². The average molecular weight is 337 g/mol. The van der Waals surface area contributed by atoms with E-state index < -0.39 is 18.0 Å². The van der Waals surface area contributed by atoms with E-state index in [-0.39, 0.29) is 74.9 Å². The Morgan fingerprint density at radius 1 is 1.39 bits per heavy atom. The van der Waals surface area contributed by atoms with Crippen molar-refractivity contribution in [3.63, 3.8) is 0 Å². The van der Waals surface area contributed by atoms with Crippen LogP contribution in [-0.2, 0) is 16.0 Å². The summed E-state index contributed by atoms with van der Waals surface area (Å²) in [4.78, 5) is 25.3. The predicted molar refractivity (Wildman–Crippen MR) is 76.0 cm³/mol. The summed E-state index contributed by atoms with van der Waals surface area (Å²) < 4.78 is 0. The molecule has 1 aliphatic carbocycles. The summed E-state index contributed by atoms with van der Waals surface area (Å²) in [5, 5.41) is 21.5. The fraction of sp³-hybridized carbons (Fsp3) is 0.412. The number of carboxylic acids is 1. The number of rotatable bonds is 2. The van der Waals surface area contributed by atoms with E-state index in [4.69, 9.17) is 0 Å². The van der Waals surface area contributed by atoms with Gasteiger partial charge in [-0.25, -0.2) is 0 Å². The molecular formula is C17H16KNO4. The van der Waals surface area contributed by atoms with Crippen LogP contribution in [0.1, 0.15) is 24.5 Å². The van der Waals surface area contributed by atoms with Crippen molar-refractivity contribution in [2.24, 2.45) is 11.8 Å². The van der Waals surface area contributed by atoms with Gasteiger partial charge in [-0.1, -0.05) is 24.3 Å². The van der Waals surface area contributed by atoms with Gasteiger partial charge in [0.25, 0.3) is 0 Å². The molecule has 23 heavy (non-hydrogen) atoms. The van der Waals surface area contributed by atoms with Gasteiger partial charge in [-0.05, 0) is 36.5 Å². The second-order valence-electron chi connectivity index (χ2n) is 6.32. The minimum Gasteiger partial charge on any atom is -0.543 e. The van der Waals surface area contributed by atoms with Crippen molar-refractivity contribution >= 4 is 17.4 Å². The Labute approximate surface area is 176 Å². The van der Waals surface area contributed by atoms with Gasteiger partial charge < -0.3 is 19.9 Å². The van der Waals surface area contributed by atoms with Crippen LogP contribution in [0.5, 0.6) is 0 Å². The van der Waals surface area contributed by atoms with Crippen LogP contribution in [0.15, 0.2) is 30.0 Å². The van der Waals surface area contributed by atoms with Gasteiger partial charge in [0.15, 0.2) is 0 Å². The molecule has 1 N–H and O–H groups in total. The predicted octanol–water partition coefficient (Wildman–Crippen LogP) is -3.06. The number of carbonyl (C=O) groups is 2. The Morgan fingerprint density at radius 3 is 2.74 bits per heavy atom. The van der Waals surface area contributed by atoms with Gasteiger partial charge >= 0.3 is 51.4 Å². The van der Waals surface area contributed by atoms with Crippen LogP contribution >= 0.6 is 0 Å². The molecule has 1 aromatic carbocycles. The number of hydrogen-bond acceptors (Lipinski definition) is 4. The van der Waals surface area contributed by atoms with Crippen LogP contribution in [0.3, 0.4) is 0 Å². The Balaban J connectivity index is 0.00000156. The van der Waals surface area contributed by atoms with Crippen LogP contribution in [0.4, 0.5) is 0 Å². The fourth-order valence-corrected chi connectivity index (χ4v) is 4.35. The molecule has 1 saturated heterocycles. The van der Waals surface area contributed by atoms with Gasteiger partial charge in [0.1, 0.15) is 0 Å². The number of benzene rings is 1. The first-order chi connectivity index (χ1) is 10.5. The van der Waals surface area contributed by atoms with Gasteiger partial charge in [-0.3, -0.25) is 4.79 Å². The van der Waals surface area contributed by atoms with Crippen molar-refractivity contribution in [1.82, 2.24) is 4.90 Å². The first-order valence-corrected chi connectivity index (χ1v) is 7.57. The molecule has 5 nitrogen and oxygen atoms in total. The van der Waals surface area contributed by atoms with E-state index in [9.17, 15) is 19.8 Å². The molecule has 0 saturated carbocycles. The quantitative estimate of drug-likeness (QED) is 0.459. The van der Waals surface area contributed by atoms with Crippen LogP contribution < -0.4 is 56.5 Å². The molecule has 1 amide bonds. The minimum atomic E-state index is -1.31. The first kappa shape index (κ1) is 17.3. The summed E-state index contributed by atoms with van der Waals surface area (Å²) in [6.07, 6.45) is 0.879. The normalized spacial score (nSPS) is 29.0.